The number of thiophene rings is 1. The van der Waals surface area contributed by atoms with Crippen molar-refractivity contribution in [2.24, 2.45) is 17.3 Å². The Kier molecular flexibility index (Phi) is 10.3. The van der Waals surface area contributed by atoms with Gasteiger partial charge in [0.25, 0.3) is 0 Å². The standard InChI is InChI=1S/C16H27NO.C9H12O2S/c1-2-16(10-5-11-16)15(18)9-4-7-13-6-3-8-14(13)12-17;1-3-4-7-5-6-8(12-7)9(10)11-2/h13-15,18H,2-11H2,1H3;5-6H,3-4H2,1-2H3/t13-,14+,15?;/m0./s1. The minimum Gasteiger partial charge on any atom is -0.465 e. The van der Waals surface area contributed by atoms with Gasteiger partial charge in [0.1, 0.15) is 4.88 Å². The molecule has 0 spiro atoms. The van der Waals surface area contributed by atoms with Gasteiger partial charge < -0.3 is 9.84 Å². The van der Waals surface area contributed by atoms with Crippen LogP contribution in [0.1, 0.15) is 99.0 Å². The second-order valence-corrected chi connectivity index (χ2v) is 10.1. The van der Waals surface area contributed by atoms with Gasteiger partial charge in [0, 0.05) is 10.8 Å². The molecule has 2 fully saturated rings. The highest BCUT2D eigenvalue weighted by atomic mass is 32.1. The molecular weight excluding hydrogens is 394 g/mol. The van der Waals surface area contributed by atoms with Crippen molar-refractivity contribution >= 4 is 17.3 Å². The Morgan fingerprint density at radius 2 is 2.10 bits per heavy atom. The highest BCUT2D eigenvalue weighted by Gasteiger charge is 2.41. The van der Waals surface area contributed by atoms with Crippen LogP contribution in [-0.2, 0) is 11.2 Å². The largest absolute Gasteiger partial charge is 0.465 e. The molecule has 0 amide bonds. The van der Waals surface area contributed by atoms with Crippen LogP contribution in [-0.4, -0.2) is 24.3 Å². The van der Waals surface area contributed by atoms with E-state index in [-0.39, 0.29) is 17.5 Å². The van der Waals surface area contributed by atoms with E-state index in [0.29, 0.717) is 16.7 Å². The Morgan fingerprint density at radius 1 is 1.33 bits per heavy atom. The zero-order valence-corrected chi connectivity index (χ0v) is 19.8. The number of aliphatic hydroxyl groups excluding tert-OH is 1. The van der Waals surface area contributed by atoms with Crippen LogP contribution in [0.5, 0.6) is 0 Å². The highest BCUT2D eigenvalue weighted by molar-refractivity contribution is 7.13. The van der Waals surface area contributed by atoms with Gasteiger partial charge in [-0.25, -0.2) is 4.79 Å². The van der Waals surface area contributed by atoms with Crippen LogP contribution < -0.4 is 0 Å². The minimum atomic E-state index is -0.234. The minimum absolute atomic E-state index is 0.0989. The van der Waals surface area contributed by atoms with Gasteiger partial charge in [0.15, 0.2) is 0 Å². The molecule has 1 aromatic rings. The van der Waals surface area contributed by atoms with Crippen LogP contribution in [0.4, 0.5) is 0 Å². The van der Waals surface area contributed by atoms with Gasteiger partial charge in [-0.05, 0) is 74.8 Å². The number of rotatable bonds is 9. The molecule has 1 unspecified atom stereocenters. The molecule has 1 N–H and O–H groups in total. The number of aliphatic hydroxyl groups is 1. The van der Waals surface area contributed by atoms with E-state index in [0.717, 1.165) is 44.9 Å². The Labute approximate surface area is 186 Å². The third kappa shape index (κ3) is 6.56. The molecule has 2 saturated carbocycles. The maximum Gasteiger partial charge on any atom is 0.348 e. The van der Waals surface area contributed by atoms with E-state index >= 15 is 0 Å². The number of hydrogen-bond acceptors (Lipinski definition) is 5. The molecule has 4 nitrogen and oxygen atoms in total. The van der Waals surface area contributed by atoms with Crippen LogP contribution in [0, 0.1) is 28.6 Å². The van der Waals surface area contributed by atoms with E-state index < -0.39 is 0 Å². The summed E-state index contributed by atoms with van der Waals surface area (Å²) >= 11 is 1.52. The summed E-state index contributed by atoms with van der Waals surface area (Å²) in [6.07, 6.45) is 13.7. The summed E-state index contributed by atoms with van der Waals surface area (Å²) in [4.78, 5) is 13.0. The first-order valence-corrected chi connectivity index (χ1v) is 12.6. The predicted octanol–water partition coefficient (Wildman–Crippen LogP) is 6.52. The first-order valence-electron chi connectivity index (χ1n) is 11.7. The second-order valence-electron chi connectivity index (χ2n) is 8.95. The average molecular weight is 434 g/mol. The first kappa shape index (κ1) is 24.9. The molecule has 0 radical (unpaired) electrons. The van der Waals surface area contributed by atoms with Crippen molar-refractivity contribution in [3.8, 4) is 6.07 Å². The van der Waals surface area contributed by atoms with Crippen LogP contribution >= 0.6 is 11.3 Å². The molecule has 2 aliphatic rings. The average Bonchev–Trinajstić information content (AvgIpc) is 3.37. The normalized spacial score (nSPS) is 22.9. The fraction of sp³-hybridized carbons (Fsp3) is 0.760. The third-order valence-corrected chi connectivity index (χ3v) is 8.31. The lowest BCUT2D eigenvalue weighted by Crippen LogP contribution is -2.40. The quantitative estimate of drug-likeness (QED) is 0.450. The number of nitriles is 1. The maximum absolute atomic E-state index is 11.0. The van der Waals surface area contributed by atoms with Crippen molar-refractivity contribution in [3.63, 3.8) is 0 Å². The van der Waals surface area contributed by atoms with Gasteiger partial charge in [-0.15, -0.1) is 11.3 Å². The lowest BCUT2D eigenvalue weighted by molar-refractivity contribution is -0.0436. The van der Waals surface area contributed by atoms with Crippen LogP contribution in [0.3, 0.4) is 0 Å². The van der Waals surface area contributed by atoms with Gasteiger partial charge in [-0.1, -0.05) is 39.5 Å². The van der Waals surface area contributed by atoms with E-state index in [9.17, 15) is 9.90 Å². The van der Waals surface area contributed by atoms with Gasteiger partial charge >= 0.3 is 5.97 Å². The topological polar surface area (TPSA) is 70.3 Å². The maximum atomic E-state index is 11.0. The summed E-state index contributed by atoms with van der Waals surface area (Å²) in [6, 6.07) is 6.26. The van der Waals surface area contributed by atoms with Crippen LogP contribution in [0.2, 0.25) is 0 Å². The highest BCUT2D eigenvalue weighted by Crippen LogP contribution is 2.48. The lowest BCUT2D eigenvalue weighted by Gasteiger charge is -2.45. The fourth-order valence-corrected chi connectivity index (χ4v) is 5.98. The van der Waals surface area contributed by atoms with Gasteiger partial charge in [0.2, 0.25) is 0 Å². The van der Waals surface area contributed by atoms with Crippen LogP contribution in [0.15, 0.2) is 12.1 Å². The number of ether oxygens (including phenoxy) is 1. The van der Waals surface area contributed by atoms with Gasteiger partial charge in [-0.2, -0.15) is 5.26 Å². The molecule has 2 aliphatic carbocycles. The van der Waals surface area contributed by atoms with Gasteiger partial charge in [-0.3, -0.25) is 0 Å². The number of carbonyl (C=O) groups excluding carboxylic acids is 1. The van der Waals surface area contributed by atoms with E-state index in [1.165, 1.54) is 55.4 Å². The zero-order valence-electron chi connectivity index (χ0n) is 19.0. The van der Waals surface area contributed by atoms with E-state index in [4.69, 9.17) is 5.26 Å². The van der Waals surface area contributed by atoms with Gasteiger partial charge in [0.05, 0.1) is 19.3 Å². The molecule has 1 aromatic heterocycles. The Morgan fingerprint density at radius 3 is 2.67 bits per heavy atom. The van der Waals surface area contributed by atoms with Crippen molar-refractivity contribution in [2.45, 2.75) is 97.0 Å². The molecule has 3 atom stereocenters. The van der Waals surface area contributed by atoms with E-state index in [2.05, 4.69) is 24.7 Å². The Balaban J connectivity index is 0.000000232. The summed E-state index contributed by atoms with van der Waals surface area (Å²) < 4.78 is 4.60. The molecule has 0 aromatic carbocycles. The molecule has 3 rings (SSSR count). The SMILES string of the molecule is CCC1(C(O)CCC[C@@H]2CCC[C@@H]2C#N)CCC1.CCCc1ccc(C(=O)OC)s1. The summed E-state index contributed by atoms with van der Waals surface area (Å²) in [6.45, 7) is 4.34. The van der Waals surface area contributed by atoms with Crippen molar-refractivity contribution in [1.29, 1.82) is 5.26 Å². The fourth-order valence-electron chi connectivity index (χ4n) is 4.95. The van der Waals surface area contributed by atoms with Crippen molar-refractivity contribution in [3.05, 3.63) is 21.9 Å². The molecule has 0 saturated heterocycles. The second kappa shape index (κ2) is 12.5. The molecule has 0 aliphatic heterocycles. The third-order valence-electron chi connectivity index (χ3n) is 7.18. The monoisotopic (exact) mass is 433 g/mol. The molecular formula is C25H39NO3S. The lowest BCUT2D eigenvalue weighted by atomic mass is 9.62. The summed E-state index contributed by atoms with van der Waals surface area (Å²) in [5.74, 6) is 0.675. The number of nitrogens with zero attached hydrogens (tertiary/aromatic N) is 1. The zero-order chi connectivity index (χ0) is 22.0. The smallest absolute Gasteiger partial charge is 0.348 e. The van der Waals surface area contributed by atoms with E-state index in [1.807, 2.05) is 12.1 Å². The van der Waals surface area contributed by atoms with Crippen LogP contribution in [0.25, 0.3) is 0 Å². The molecule has 30 heavy (non-hydrogen) atoms. The number of carbonyl (C=O) groups is 1. The molecule has 0 bridgehead atoms. The first-order chi connectivity index (χ1) is 14.5. The summed E-state index contributed by atoms with van der Waals surface area (Å²) in [5.41, 5.74) is 0.254. The van der Waals surface area contributed by atoms with Crippen molar-refractivity contribution in [1.82, 2.24) is 0 Å². The molecule has 5 heteroatoms. The van der Waals surface area contributed by atoms with E-state index in [1.54, 1.807) is 0 Å². The summed E-state index contributed by atoms with van der Waals surface area (Å²) in [5, 5.41) is 19.4. The Hall–Kier alpha value is -1.38. The molecule has 1 heterocycles. The number of hydrogen-bond donors (Lipinski definition) is 1. The summed E-state index contributed by atoms with van der Waals surface area (Å²) in [7, 11) is 1.40. The van der Waals surface area contributed by atoms with Crippen molar-refractivity contribution in [2.75, 3.05) is 7.11 Å². The number of esters is 1. The number of methoxy groups -OCH3 is 1. The Bertz CT molecular complexity index is 683. The predicted molar refractivity (Wildman–Crippen MR) is 123 cm³/mol. The number of aryl methyl sites for hydroxylation is 1. The van der Waals surface area contributed by atoms with Crippen molar-refractivity contribution < 1.29 is 14.6 Å². The molecule has 168 valence electrons.